The van der Waals surface area contributed by atoms with E-state index < -0.39 is 0 Å². The maximum atomic E-state index is 13.8. The maximum Gasteiger partial charge on any atom is 0.146 e. The van der Waals surface area contributed by atoms with Crippen LogP contribution in [-0.2, 0) is 4.74 Å². The minimum absolute atomic E-state index is 0.146. The molecule has 0 unspecified atom stereocenters. The van der Waals surface area contributed by atoms with Crippen LogP contribution in [0, 0.1) is 5.82 Å². The zero-order valence-corrected chi connectivity index (χ0v) is 10.0. The molecule has 2 N–H and O–H groups in total. The largest absolute Gasteiger partial charge is 0.383 e. The average Bonchev–Trinajstić information content (AvgIpc) is 2.25. The Hall–Kier alpha value is -1.13. The van der Waals surface area contributed by atoms with E-state index in [9.17, 15) is 4.39 Å². The van der Waals surface area contributed by atoms with E-state index in [1.165, 1.54) is 6.07 Å². The molecule has 0 aliphatic heterocycles. The molecule has 3 nitrogen and oxygen atoms in total. The molecule has 1 rings (SSSR count). The molecular weight excluding hydrogens is 207 g/mol. The number of methoxy groups -OCH3 is 1. The lowest BCUT2D eigenvalue weighted by atomic mass is 10.1. The minimum atomic E-state index is -0.242. The number of hydrogen-bond acceptors (Lipinski definition) is 3. The van der Waals surface area contributed by atoms with Crippen molar-refractivity contribution in [3.63, 3.8) is 0 Å². The molecular formula is C12H19FN2O. The number of hydrogen-bond donors (Lipinski definition) is 1. The van der Waals surface area contributed by atoms with Gasteiger partial charge in [-0.2, -0.15) is 0 Å². The van der Waals surface area contributed by atoms with E-state index in [0.29, 0.717) is 18.8 Å². The average molecular weight is 226 g/mol. The second kappa shape index (κ2) is 5.82. The van der Waals surface area contributed by atoms with Gasteiger partial charge in [-0.3, -0.25) is 0 Å². The second-order valence-electron chi connectivity index (χ2n) is 3.91. The molecule has 0 saturated heterocycles. The van der Waals surface area contributed by atoms with Crippen LogP contribution in [-0.4, -0.2) is 27.3 Å². The highest BCUT2D eigenvalue weighted by atomic mass is 19.1. The lowest BCUT2D eigenvalue weighted by Crippen LogP contribution is -2.23. The Morgan fingerprint density at radius 2 is 2.19 bits per heavy atom. The number of benzene rings is 1. The van der Waals surface area contributed by atoms with Gasteiger partial charge in [0.1, 0.15) is 5.82 Å². The van der Waals surface area contributed by atoms with Gasteiger partial charge in [0.2, 0.25) is 0 Å². The number of nitrogens with two attached hydrogens (primary N) is 1. The van der Waals surface area contributed by atoms with E-state index in [4.69, 9.17) is 10.5 Å². The van der Waals surface area contributed by atoms with Crippen LogP contribution in [0.15, 0.2) is 18.2 Å². The Morgan fingerprint density at radius 3 is 2.69 bits per heavy atom. The fraction of sp³-hybridized carbons (Fsp3) is 0.500. The normalized spacial score (nSPS) is 12.6. The molecule has 0 saturated carbocycles. The van der Waals surface area contributed by atoms with Gasteiger partial charge in [0, 0.05) is 26.7 Å². The molecule has 0 amide bonds. The molecule has 1 aromatic rings. The summed E-state index contributed by atoms with van der Waals surface area (Å²) in [5, 5.41) is 0. The molecule has 0 radical (unpaired) electrons. The van der Waals surface area contributed by atoms with E-state index >= 15 is 0 Å². The Balaban J connectivity index is 2.81. The van der Waals surface area contributed by atoms with Crippen LogP contribution in [0.1, 0.15) is 18.5 Å². The Kier molecular flexibility index (Phi) is 4.71. The third-order valence-corrected chi connectivity index (χ3v) is 2.54. The lowest BCUT2D eigenvalue weighted by molar-refractivity contribution is 0.206. The number of ether oxygens (including phenoxy) is 1. The first-order valence-corrected chi connectivity index (χ1v) is 5.31. The summed E-state index contributed by atoms with van der Waals surface area (Å²) in [6.07, 6.45) is 0. The van der Waals surface area contributed by atoms with Gasteiger partial charge in [0.15, 0.2) is 0 Å². The zero-order chi connectivity index (χ0) is 12.1. The number of rotatable bonds is 5. The minimum Gasteiger partial charge on any atom is -0.383 e. The molecule has 0 aromatic heterocycles. The summed E-state index contributed by atoms with van der Waals surface area (Å²) < 4.78 is 18.7. The van der Waals surface area contributed by atoms with Gasteiger partial charge in [-0.15, -0.1) is 0 Å². The van der Waals surface area contributed by atoms with E-state index in [1.807, 2.05) is 24.9 Å². The summed E-state index contributed by atoms with van der Waals surface area (Å²) in [6.45, 7) is 3.07. The third kappa shape index (κ3) is 3.18. The molecule has 0 aliphatic carbocycles. The molecule has 0 fully saturated rings. The predicted octanol–water partition coefficient (Wildman–Crippen LogP) is 1.93. The molecule has 4 heteroatoms. The first-order chi connectivity index (χ1) is 7.56. The van der Waals surface area contributed by atoms with E-state index in [2.05, 4.69) is 0 Å². The summed E-state index contributed by atoms with van der Waals surface area (Å²) in [5.74, 6) is -0.242. The molecule has 0 bridgehead atoms. The molecule has 0 spiro atoms. The van der Waals surface area contributed by atoms with Crippen molar-refractivity contribution in [1.29, 1.82) is 0 Å². The first kappa shape index (κ1) is 12.9. The van der Waals surface area contributed by atoms with Gasteiger partial charge in [-0.05, 0) is 24.6 Å². The zero-order valence-electron chi connectivity index (χ0n) is 10.0. The van der Waals surface area contributed by atoms with E-state index in [-0.39, 0.29) is 11.9 Å². The van der Waals surface area contributed by atoms with Gasteiger partial charge in [-0.25, -0.2) is 4.39 Å². The Bertz CT molecular complexity index is 342. The van der Waals surface area contributed by atoms with Crippen molar-refractivity contribution in [3.05, 3.63) is 29.6 Å². The lowest BCUT2D eigenvalue weighted by Gasteiger charge is -2.20. The van der Waals surface area contributed by atoms with Gasteiger partial charge in [0.25, 0.3) is 0 Å². The SMILES string of the molecule is COCCN(C)c1ccc([C@@H](C)N)cc1F. The van der Waals surface area contributed by atoms with Crippen LogP contribution in [0.3, 0.4) is 0 Å². The molecule has 16 heavy (non-hydrogen) atoms. The third-order valence-electron chi connectivity index (χ3n) is 2.54. The molecule has 1 aromatic carbocycles. The van der Waals surface area contributed by atoms with Gasteiger partial charge in [0.05, 0.1) is 12.3 Å². The van der Waals surface area contributed by atoms with Crippen molar-refractivity contribution in [3.8, 4) is 0 Å². The van der Waals surface area contributed by atoms with Gasteiger partial charge in [-0.1, -0.05) is 6.07 Å². The van der Waals surface area contributed by atoms with Crippen LogP contribution in [0.2, 0.25) is 0 Å². The van der Waals surface area contributed by atoms with Crippen LogP contribution in [0.25, 0.3) is 0 Å². The van der Waals surface area contributed by atoms with Gasteiger partial charge >= 0.3 is 0 Å². The number of likely N-dealkylation sites (N-methyl/N-ethyl adjacent to an activating group) is 1. The van der Waals surface area contributed by atoms with Gasteiger partial charge < -0.3 is 15.4 Å². The molecule has 1 atom stereocenters. The van der Waals surface area contributed by atoms with Crippen LogP contribution < -0.4 is 10.6 Å². The van der Waals surface area contributed by atoms with Crippen molar-refractivity contribution in [2.45, 2.75) is 13.0 Å². The summed E-state index contributed by atoms with van der Waals surface area (Å²) in [7, 11) is 3.46. The summed E-state index contributed by atoms with van der Waals surface area (Å²) in [4.78, 5) is 1.82. The fourth-order valence-electron chi connectivity index (χ4n) is 1.46. The highest BCUT2D eigenvalue weighted by molar-refractivity contribution is 5.48. The number of nitrogens with zero attached hydrogens (tertiary/aromatic N) is 1. The monoisotopic (exact) mass is 226 g/mol. The van der Waals surface area contributed by atoms with Crippen molar-refractivity contribution >= 4 is 5.69 Å². The van der Waals surface area contributed by atoms with Crippen LogP contribution in [0.4, 0.5) is 10.1 Å². The van der Waals surface area contributed by atoms with Crippen molar-refractivity contribution < 1.29 is 9.13 Å². The summed E-state index contributed by atoms with van der Waals surface area (Å²) in [5.41, 5.74) is 7.07. The number of anilines is 1. The Labute approximate surface area is 96.0 Å². The van der Waals surface area contributed by atoms with Crippen molar-refractivity contribution in [2.24, 2.45) is 5.73 Å². The maximum absolute atomic E-state index is 13.8. The van der Waals surface area contributed by atoms with Crippen molar-refractivity contribution in [2.75, 3.05) is 32.2 Å². The molecule has 0 heterocycles. The predicted molar refractivity (Wildman–Crippen MR) is 64.1 cm³/mol. The Morgan fingerprint density at radius 1 is 1.50 bits per heavy atom. The topological polar surface area (TPSA) is 38.5 Å². The quantitative estimate of drug-likeness (QED) is 0.833. The van der Waals surface area contributed by atoms with Crippen molar-refractivity contribution in [1.82, 2.24) is 0 Å². The standard InChI is InChI=1S/C12H19FN2O/c1-9(14)10-4-5-12(11(13)8-10)15(2)6-7-16-3/h4-5,8-9H,6-7,14H2,1-3H3/t9-/m1/s1. The van der Waals surface area contributed by atoms with E-state index in [1.54, 1.807) is 13.2 Å². The summed E-state index contributed by atoms with van der Waals surface area (Å²) in [6, 6.07) is 4.95. The second-order valence-corrected chi connectivity index (χ2v) is 3.91. The van der Waals surface area contributed by atoms with Crippen LogP contribution >= 0.6 is 0 Å². The summed E-state index contributed by atoms with van der Waals surface area (Å²) >= 11 is 0. The van der Waals surface area contributed by atoms with Crippen LogP contribution in [0.5, 0.6) is 0 Å². The number of halogens is 1. The fourth-order valence-corrected chi connectivity index (χ4v) is 1.46. The molecule has 90 valence electrons. The highest BCUT2D eigenvalue weighted by Gasteiger charge is 2.09. The first-order valence-electron chi connectivity index (χ1n) is 5.31. The molecule has 0 aliphatic rings. The highest BCUT2D eigenvalue weighted by Crippen LogP contribution is 2.21. The van der Waals surface area contributed by atoms with E-state index in [0.717, 1.165) is 5.56 Å². The smallest absolute Gasteiger partial charge is 0.146 e.